The largest absolute Gasteiger partial charge is 0.354 e. The number of nitriles is 1. The molecular weight excluding hydrogens is 244 g/mol. The molecule has 0 aliphatic heterocycles. The molecule has 18 heavy (non-hydrogen) atoms. The molecule has 0 saturated carbocycles. The first kappa shape index (κ1) is 17.3. The third-order valence-electron chi connectivity index (χ3n) is 2.09. The number of thiocyanates is 1. The average molecular weight is 268 g/mol. The Balaban J connectivity index is 3.80. The number of thioether (sulfide) groups is 1. The van der Waals surface area contributed by atoms with Crippen molar-refractivity contribution in [1.29, 1.82) is 5.26 Å². The molecule has 0 rings (SSSR count). The third kappa shape index (κ3) is 11.8. The van der Waals surface area contributed by atoms with Crippen molar-refractivity contribution in [1.82, 2.24) is 5.32 Å². The topological polar surface area (TPSA) is 45.0 Å². The van der Waals surface area contributed by atoms with Gasteiger partial charge in [-0.1, -0.05) is 39.5 Å². The molecule has 0 aromatic rings. The lowest BCUT2D eigenvalue weighted by atomic mass is 10.2. The number of ether oxygens (including phenoxy) is 1. The van der Waals surface area contributed by atoms with E-state index in [1.54, 1.807) is 0 Å². The van der Waals surface area contributed by atoms with E-state index in [-0.39, 0.29) is 5.44 Å². The minimum Gasteiger partial charge on any atom is -0.354 e. The minimum atomic E-state index is -0.0644. The second-order valence-corrected chi connectivity index (χ2v) is 5.62. The van der Waals surface area contributed by atoms with E-state index in [1.165, 1.54) is 11.8 Å². The van der Waals surface area contributed by atoms with Crippen LogP contribution in [0.2, 0.25) is 0 Å². The summed E-state index contributed by atoms with van der Waals surface area (Å²) >= 11 is 1.18. The number of hydrogen-bond donors (Lipinski definition) is 1. The van der Waals surface area contributed by atoms with Crippen LogP contribution in [0.25, 0.3) is 0 Å². The molecule has 0 amide bonds. The van der Waals surface area contributed by atoms with Crippen molar-refractivity contribution in [2.75, 3.05) is 13.2 Å². The van der Waals surface area contributed by atoms with Crippen molar-refractivity contribution in [3.05, 3.63) is 0 Å². The maximum atomic E-state index is 8.71. The lowest BCUT2D eigenvalue weighted by Crippen LogP contribution is -2.24. The fourth-order valence-electron chi connectivity index (χ4n) is 1.27. The van der Waals surface area contributed by atoms with Crippen molar-refractivity contribution in [2.24, 2.45) is 5.92 Å². The van der Waals surface area contributed by atoms with Crippen LogP contribution in [-0.2, 0) is 4.74 Å². The number of nitrogens with zero attached hydrogens (tertiary/aromatic N) is 1. The third-order valence-corrected chi connectivity index (χ3v) is 2.83. The Hall–Kier alpha value is -0.680. The molecule has 0 aliphatic carbocycles. The first-order chi connectivity index (χ1) is 8.56. The number of hydrogen-bond acceptors (Lipinski definition) is 4. The zero-order valence-electron chi connectivity index (χ0n) is 11.8. The molecular formula is C14H24N2OS. The van der Waals surface area contributed by atoms with Crippen molar-refractivity contribution in [3.8, 4) is 17.2 Å². The van der Waals surface area contributed by atoms with Crippen LogP contribution in [-0.4, -0.2) is 24.6 Å². The highest BCUT2D eigenvalue weighted by Crippen LogP contribution is 2.16. The van der Waals surface area contributed by atoms with Gasteiger partial charge in [0.25, 0.3) is 0 Å². The molecule has 0 heterocycles. The van der Waals surface area contributed by atoms with Gasteiger partial charge < -0.3 is 10.1 Å². The fraction of sp³-hybridized carbons (Fsp3) is 0.786. The van der Waals surface area contributed by atoms with E-state index < -0.39 is 0 Å². The van der Waals surface area contributed by atoms with E-state index in [0.29, 0.717) is 18.6 Å². The molecule has 0 aliphatic rings. The zero-order chi connectivity index (χ0) is 13.8. The summed E-state index contributed by atoms with van der Waals surface area (Å²) in [5, 5.41) is 14.1. The summed E-state index contributed by atoms with van der Waals surface area (Å²) in [5.41, 5.74) is -0.0644. The van der Waals surface area contributed by atoms with Crippen molar-refractivity contribution in [2.45, 2.75) is 52.0 Å². The van der Waals surface area contributed by atoms with Gasteiger partial charge in [-0.3, -0.25) is 0 Å². The SMILES string of the molecule is CC(C)C#CCOC(CCCNC(C)C)SC#N. The Kier molecular flexibility index (Phi) is 11.0. The Morgan fingerprint density at radius 1 is 1.28 bits per heavy atom. The van der Waals surface area contributed by atoms with Gasteiger partial charge in [0.15, 0.2) is 0 Å². The van der Waals surface area contributed by atoms with Crippen LogP contribution in [0.15, 0.2) is 0 Å². The average Bonchev–Trinajstić information content (AvgIpc) is 2.29. The van der Waals surface area contributed by atoms with E-state index in [0.717, 1.165) is 19.4 Å². The summed E-state index contributed by atoms with van der Waals surface area (Å²) in [7, 11) is 0. The molecule has 0 saturated heterocycles. The smallest absolute Gasteiger partial charge is 0.136 e. The lowest BCUT2D eigenvalue weighted by molar-refractivity contribution is 0.135. The zero-order valence-corrected chi connectivity index (χ0v) is 12.6. The second kappa shape index (κ2) is 11.4. The molecule has 0 spiro atoms. The van der Waals surface area contributed by atoms with Crippen LogP contribution >= 0.6 is 11.8 Å². The van der Waals surface area contributed by atoms with Gasteiger partial charge in [-0.25, -0.2) is 0 Å². The summed E-state index contributed by atoms with van der Waals surface area (Å²) < 4.78 is 5.58. The minimum absolute atomic E-state index is 0.0644. The van der Waals surface area contributed by atoms with Gasteiger partial charge >= 0.3 is 0 Å². The second-order valence-electron chi connectivity index (χ2n) is 4.68. The Labute approximate surface area is 116 Å². The predicted molar refractivity (Wildman–Crippen MR) is 77.9 cm³/mol. The number of rotatable bonds is 8. The summed E-state index contributed by atoms with van der Waals surface area (Å²) in [6.07, 6.45) is 1.89. The standard InChI is InChI=1S/C14H24N2OS/c1-12(2)7-6-10-17-14(18-11-15)8-5-9-16-13(3)4/h12-14,16H,5,8-10H2,1-4H3. The van der Waals surface area contributed by atoms with Crippen LogP contribution < -0.4 is 5.32 Å². The van der Waals surface area contributed by atoms with Crippen LogP contribution in [0.5, 0.6) is 0 Å². The van der Waals surface area contributed by atoms with Crippen LogP contribution in [0.3, 0.4) is 0 Å². The van der Waals surface area contributed by atoms with Crippen LogP contribution in [0, 0.1) is 28.4 Å². The molecule has 0 radical (unpaired) electrons. The van der Waals surface area contributed by atoms with Gasteiger partial charge in [0.2, 0.25) is 0 Å². The van der Waals surface area contributed by atoms with E-state index in [1.807, 2.05) is 13.8 Å². The monoisotopic (exact) mass is 268 g/mol. The molecule has 0 aromatic heterocycles. The summed E-state index contributed by atoms with van der Waals surface area (Å²) in [6, 6.07) is 0.505. The van der Waals surface area contributed by atoms with Gasteiger partial charge in [0.1, 0.15) is 17.4 Å². The van der Waals surface area contributed by atoms with E-state index >= 15 is 0 Å². The maximum absolute atomic E-state index is 8.71. The van der Waals surface area contributed by atoms with Gasteiger partial charge in [-0.05, 0) is 31.1 Å². The maximum Gasteiger partial charge on any atom is 0.136 e. The molecule has 1 unspecified atom stereocenters. The van der Waals surface area contributed by atoms with Gasteiger partial charge in [-0.15, -0.1) is 0 Å². The molecule has 0 fully saturated rings. The van der Waals surface area contributed by atoms with Crippen LogP contribution in [0.1, 0.15) is 40.5 Å². The van der Waals surface area contributed by atoms with Gasteiger partial charge in [-0.2, -0.15) is 5.26 Å². The quantitative estimate of drug-likeness (QED) is 0.318. The van der Waals surface area contributed by atoms with E-state index in [2.05, 4.69) is 36.4 Å². The highest BCUT2D eigenvalue weighted by molar-refractivity contribution is 8.04. The molecule has 102 valence electrons. The molecule has 1 atom stereocenters. The predicted octanol–water partition coefficient (Wildman–Crippen LogP) is 2.98. The molecule has 1 N–H and O–H groups in total. The van der Waals surface area contributed by atoms with Gasteiger partial charge in [0.05, 0.1) is 0 Å². The highest BCUT2D eigenvalue weighted by atomic mass is 32.2. The first-order valence-electron chi connectivity index (χ1n) is 6.44. The number of nitrogens with one attached hydrogen (secondary N) is 1. The van der Waals surface area contributed by atoms with Crippen molar-refractivity contribution < 1.29 is 4.74 Å². The first-order valence-corrected chi connectivity index (χ1v) is 7.32. The molecule has 0 bridgehead atoms. The van der Waals surface area contributed by atoms with Gasteiger partial charge in [0, 0.05) is 12.0 Å². The highest BCUT2D eigenvalue weighted by Gasteiger charge is 2.08. The van der Waals surface area contributed by atoms with Crippen LogP contribution in [0.4, 0.5) is 0 Å². The Bertz CT molecular complexity index is 299. The summed E-state index contributed by atoms with van der Waals surface area (Å²) in [4.78, 5) is 0. The molecule has 4 heteroatoms. The van der Waals surface area contributed by atoms with E-state index in [9.17, 15) is 0 Å². The van der Waals surface area contributed by atoms with E-state index in [4.69, 9.17) is 10.00 Å². The molecule has 0 aromatic carbocycles. The molecule has 3 nitrogen and oxygen atoms in total. The Morgan fingerprint density at radius 2 is 2.00 bits per heavy atom. The lowest BCUT2D eigenvalue weighted by Gasteiger charge is -2.13. The fourth-order valence-corrected chi connectivity index (χ4v) is 1.81. The van der Waals surface area contributed by atoms with Crippen molar-refractivity contribution >= 4 is 11.8 Å². The normalized spacial score (nSPS) is 12.1. The summed E-state index contributed by atoms with van der Waals surface area (Å²) in [6.45, 7) is 9.72. The Morgan fingerprint density at radius 3 is 2.56 bits per heavy atom. The van der Waals surface area contributed by atoms with Crippen molar-refractivity contribution in [3.63, 3.8) is 0 Å². The summed E-state index contributed by atoms with van der Waals surface area (Å²) in [5.74, 6) is 6.38.